The lowest BCUT2D eigenvalue weighted by molar-refractivity contribution is 1.18. The van der Waals surface area contributed by atoms with E-state index in [4.69, 9.17) is 0 Å². The van der Waals surface area contributed by atoms with Crippen molar-refractivity contribution in [2.75, 3.05) is 10.8 Å². The molecule has 0 aromatic heterocycles. The van der Waals surface area contributed by atoms with Crippen molar-refractivity contribution >= 4 is 16.6 Å². The van der Waals surface area contributed by atoms with Crippen LogP contribution in [0.2, 0.25) is 0 Å². The van der Waals surface area contributed by atoms with Gasteiger partial charge in [0.1, 0.15) is 0 Å². The smallest absolute Gasteiger partial charge is 0.0576 e. The number of benzene rings is 2. The predicted octanol–water partition coefficient (Wildman–Crippen LogP) is 4.00. The van der Waals surface area contributed by atoms with Crippen LogP contribution in [0, 0.1) is 0 Å². The Balaban J connectivity index is 1.78. The molecule has 0 saturated heterocycles. The van der Waals surface area contributed by atoms with Crippen LogP contribution in [0.3, 0.4) is 0 Å². The molecule has 1 aliphatic heterocycles. The zero-order chi connectivity index (χ0) is 11.5. The largest absolute Gasteiger partial charge is 0.339 e. The zero-order valence-electron chi connectivity index (χ0n) is 9.53. The van der Waals surface area contributed by atoms with E-state index in [-0.39, 0.29) is 10.9 Å². The molecule has 17 heavy (non-hydrogen) atoms. The van der Waals surface area contributed by atoms with Gasteiger partial charge in [-0.3, -0.25) is 0 Å². The molecule has 0 N–H and O–H groups in total. The molecule has 0 amide bonds. The van der Waals surface area contributed by atoms with E-state index in [0.29, 0.717) is 0 Å². The average molecular weight is 241 g/mol. The normalized spacial score (nSPS) is 20.7. The fourth-order valence-electron chi connectivity index (χ4n) is 1.99. The third-order valence-corrected chi connectivity index (χ3v) is 4.97. The molecule has 0 fully saturated rings. The minimum Gasteiger partial charge on any atom is -0.339 e. The lowest BCUT2D eigenvalue weighted by Gasteiger charge is -2.20. The van der Waals surface area contributed by atoms with Gasteiger partial charge in [-0.2, -0.15) is 10.9 Å². The fourth-order valence-corrected chi connectivity index (χ4v) is 3.89. The quantitative estimate of drug-likeness (QED) is 0.778. The van der Waals surface area contributed by atoms with E-state index in [2.05, 4.69) is 77.2 Å². The van der Waals surface area contributed by atoms with Crippen LogP contribution in [-0.4, -0.2) is 5.88 Å². The van der Waals surface area contributed by atoms with E-state index in [0.717, 1.165) is 5.88 Å². The van der Waals surface area contributed by atoms with E-state index in [1.807, 2.05) is 0 Å². The van der Waals surface area contributed by atoms with Gasteiger partial charge in [-0.15, -0.1) is 0 Å². The third kappa shape index (κ3) is 2.22. The summed E-state index contributed by atoms with van der Waals surface area (Å²) in [5, 5.41) is 2.34. The van der Waals surface area contributed by atoms with Gasteiger partial charge in [0.15, 0.2) is 0 Å². The minimum absolute atomic E-state index is 0.158. The van der Waals surface area contributed by atoms with Crippen molar-refractivity contribution in [3.63, 3.8) is 0 Å². The van der Waals surface area contributed by atoms with Gasteiger partial charge in [-0.25, -0.2) is 0 Å². The van der Waals surface area contributed by atoms with Crippen molar-refractivity contribution in [3.8, 4) is 0 Å². The van der Waals surface area contributed by atoms with Gasteiger partial charge in [0.05, 0.1) is 5.88 Å². The van der Waals surface area contributed by atoms with Crippen molar-refractivity contribution in [1.82, 2.24) is 0 Å². The SMILES string of the molecule is C1=C[SH](c2ccccc2)CN1c1ccccc1. The summed E-state index contributed by atoms with van der Waals surface area (Å²) in [4.78, 5) is 3.79. The first-order valence-electron chi connectivity index (χ1n) is 5.75. The molecule has 2 aromatic rings. The summed E-state index contributed by atoms with van der Waals surface area (Å²) in [6.07, 6.45) is 2.22. The first kappa shape index (κ1) is 10.5. The van der Waals surface area contributed by atoms with Crippen molar-refractivity contribution in [2.45, 2.75) is 4.90 Å². The lowest BCUT2D eigenvalue weighted by atomic mass is 10.3. The zero-order valence-corrected chi connectivity index (χ0v) is 10.4. The number of hydrogen-bond donors (Lipinski definition) is 1. The lowest BCUT2D eigenvalue weighted by Crippen LogP contribution is -2.11. The Morgan fingerprint density at radius 2 is 1.47 bits per heavy atom. The van der Waals surface area contributed by atoms with Crippen molar-refractivity contribution in [1.29, 1.82) is 0 Å². The van der Waals surface area contributed by atoms with Crippen LogP contribution in [0.1, 0.15) is 0 Å². The molecule has 1 aliphatic rings. The molecule has 0 bridgehead atoms. The number of para-hydroxylation sites is 1. The van der Waals surface area contributed by atoms with E-state index >= 15 is 0 Å². The molecule has 0 aliphatic carbocycles. The summed E-state index contributed by atoms with van der Waals surface area (Å²) in [6, 6.07) is 21.3. The van der Waals surface area contributed by atoms with Crippen LogP contribution in [-0.2, 0) is 0 Å². The summed E-state index contributed by atoms with van der Waals surface area (Å²) in [7, 11) is -0.158. The Labute approximate surface area is 105 Å². The maximum atomic E-state index is 2.34. The van der Waals surface area contributed by atoms with Crippen molar-refractivity contribution in [2.24, 2.45) is 0 Å². The van der Waals surface area contributed by atoms with E-state index in [1.165, 1.54) is 10.6 Å². The van der Waals surface area contributed by atoms with Gasteiger partial charge in [-0.05, 0) is 34.6 Å². The monoisotopic (exact) mass is 241 g/mol. The molecule has 86 valence electrons. The van der Waals surface area contributed by atoms with Crippen LogP contribution in [0.25, 0.3) is 0 Å². The molecule has 1 heterocycles. The first-order chi connectivity index (χ1) is 8.43. The standard InChI is InChI=1S/C15H15NS/c1-3-7-14(8-4-1)16-11-12-17(13-16)15-9-5-2-6-10-15/h1-12,17H,13H2. The van der Waals surface area contributed by atoms with Crippen LogP contribution in [0.4, 0.5) is 5.69 Å². The number of nitrogens with zero attached hydrogens (tertiary/aromatic N) is 1. The van der Waals surface area contributed by atoms with Gasteiger partial charge in [0, 0.05) is 11.9 Å². The molecule has 2 aromatic carbocycles. The Kier molecular flexibility index (Phi) is 2.88. The van der Waals surface area contributed by atoms with E-state index in [9.17, 15) is 0 Å². The van der Waals surface area contributed by atoms with Gasteiger partial charge in [0.25, 0.3) is 0 Å². The number of anilines is 1. The third-order valence-electron chi connectivity index (χ3n) is 2.91. The van der Waals surface area contributed by atoms with Gasteiger partial charge >= 0.3 is 0 Å². The summed E-state index contributed by atoms with van der Waals surface area (Å²) < 4.78 is 0. The predicted molar refractivity (Wildman–Crippen MR) is 76.6 cm³/mol. The maximum absolute atomic E-state index is 2.34. The second-order valence-electron chi connectivity index (χ2n) is 4.05. The topological polar surface area (TPSA) is 3.24 Å². The molecule has 1 atom stereocenters. The van der Waals surface area contributed by atoms with Gasteiger partial charge in [-0.1, -0.05) is 36.4 Å². The highest BCUT2D eigenvalue weighted by Crippen LogP contribution is 2.43. The van der Waals surface area contributed by atoms with Crippen molar-refractivity contribution < 1.29 is 0 Å². The number of rotatable bonds is 2. The Morgan fingerprint density at radius 1 is 0.824 bits per heavy atom. The number of thiol groups is 1. The first-order valence-corrected chi connectivity index (χ1v) is 7.35. The van der Waals surface area contributed by atoms with Crippen molar-refractivity contribution in [3.05, 3.63) is 72.3 Å². The Bertz CT molecular complexity index is 459. The van der Waals surface area contributed by atoms with E-state index < -0.39 is 0 Å². The molecule has 0 saturated carbocycles. The minimum atomic E-state index is -0.158. The van der Waals surface area contributed by atoms with Crippen LogP contribution in [0.5, 0.6) is 0 Å². The molecule has 2 heteroatoms. The summed E-state index contributed by atoms with van der Waals surface area (Å²) in [5.41, 5.74) is 1.28. The highest BCUT2D eigenvalue weighted by molar-refractivity contribution is 8.20. The molecule has 0 radical (unpaired) electrons. The average Bonchev–Trinajstić information content (AvgIpc) is 2.90. The van der Waals surface area contributed by atoms with Crippen LogP contribution in [0.15, 0.2) is 77.2 Å². The molecule has 1 unspecified atom stereocenters. The highest BCUT2D eigenvalue weighted by Gasteiger charge is 2.14. The molecule has 0 spiro atoms. The fraction of sp³-hybridized carbons (Fsp3) is 0.0667. The van der Waals surface area contributed by atoms with Crippen LogP contribution >= 0.6 is 10.9 Å². The van der Waals surface area contributed by atoms with Gasteiger partial charge in [0.2, 0.25) is 0 Å². The molecular formula is C15H15NS. The molecule has 1 nitrogen and oxygen atoms in total. The van der Waals surface area contributed by atoms with Crippen LogP contribution < -0.4 is 4.90 Å². The summed E-state index contributed by atoms with van der Waals surface area (Å²) >= 11 is 0. The number of hydrogen-bond acceptors (Lipinski definition) is 1. The highest BCUT2D eigenvalue weighted by atomic mass is 32.2. The molecular weight excluding hydrogens is 226 g/mol. The van der Waals surface area contributed by atoms with E-state index in [1.54, 1.807) is 0 Å². The second kappa shape index (κ2) is 4.68. The summed E-state index contributed by atoms with van der Waals surface area (Å²) in [5.74, 6) is 1.10. The summed E-state index contributed by atoms with van der Waals surface area (Å²) in [6.45, 7) is 0. The maximum Gasteiger partial charge on any atom is 0.0576 e. The Hall–Kier alpha value is -1.67. The second-order valence-corrected chi connectivity index (χ2v) is 6.09. The van der Waals surface area contributed by atoms with Gasteiger partial charge < -0.3 is 4.90 Å². The molecule has 3 rings (SSSR count). The Morgan fingerprint density at radius 3 is 2.18 bits per heavy atom.